The number of hydrogen-bond acceptors (Lipinski definition) is 4. The number of nitrogens with two attached hydrogens (primary N) is 1. The van der Waals surface area contributed by atoms with Gasteiger partial charge >= 0.3 is 0 Å². The Kier molecular flexibility index (Phi) is 4.33. The number of benzene rings is 3. The first-order chi connectivity index (χ1) is 13.3. The van der Waals surface area contributed by atoms with Crippen LogP contribution >= 0.6 is 0 Å². The van der Waals surface area contributed by atoms with E-state index in [1.165, 1.54) is 36.4 Å². The Hall–Kier alpha value is -3.29. The van der Waals surface area contributed by atoms with Crippen LogP contribution in [0.1, 0.15) is 0 Å². The maximum Gasteiger partial charge on any atom is 0.238 e. The van der Waals surface area contributed by atoms with Gasteiger partial charge in [-0.25, -0.2) is 17.9 Å². The lowest BCUT2D eigenvalue weighted by atomic mass is 9.98. The fraction of sp³-hybridized carbons (Fsp3) is 0. The van der Waals surface area contributed by atoms with Crippen molar-refractivity contribution in [2.24, 2.45) is 5.14 Å². The van der Waals surface area contributed by atoms with Crippen LogP contribution in [-0.2, 0) is 10.0 Å². The monoisotopic (exact) mass is 395 g/mol. The molecule has 4 rings (SSSR count). The van der Waals surface area contributed by atoms with Gasteiger partial charge in [0.05, 0.1) is 15.8 Å². The molecule has 1 heterocycles. The van der Waals surface area contributed by atoms with E-state index in [4.69, 9.17) is 9.56 Å². The summed E-state index contributed by atoms with van der Waals surface area (Å²) in [4.78, 5) is 13.1. The SMILES string of the molecule is NS(=O)(=O)c1ccc(-c2oc3ccc(F)cc3c(=O)c2-c2ccccc2)cc1. The zero-order valence-corrected chi connectivity index (χ0v) is 15.2. The van der Waals surface area contributed by atoms with Gasteiger partial charge in [0.2, 0.25) is 15.5 Å². The van der Waals surface area contributed by atoms with E-state index in [0.717, 1.165) is 6.07 Å². The summed E-state index contributed by atoms with van der Waals surface area (Å²) in [5, 5.41) is 5.27. The summed E-state index contributed by atoms with van der Waals surface area (Å²) in [5.74, 6) is -0.277. The Labute approximate surface area is 159 Å². The lowest BCUT2D eigenvalue weighted by Crippen LogP contribution is -2.12. The number of rotatable bonds is 3. The fourth-order valence-corrected chi connectivity index (χ4v) is 3.55. The molecule has 0 amide bonds. The molecule has 0 bridgehead atoms. The minimum Gasteiger partial charge on any atom is -0.455 e. The second-order valence-corrected chi connectivity index (χ2v) is 7.77. The molecule has 140 valence electrons. The largest absolute Gasteiger partial charge is 0.455 e. The highest BCUT2D eigenvalue weighted by atomic mass is 32.2. The van der Waals surface area contributed by atoms with Gasteiger partial charge in [-0.1, -0.05) is 30.3 Å². The molecule has 0 unspecified atom stereocenters. The highest BCUT2D eigenvalue weighted by Crippen LogP contribution is 2.33. The molecule has 4 aromatic rings. The highest BCUT2D eigenvalue weighted by molar-refractivity contribution is 7.89. The third kappa shape index (κ3) is 3.21. The van der Waals surface area contributed by atoms with Gasteiger partial charge < -0.3 is 4.42 Å². The van der Waals surface area contributed by atoms with Crippen molar-refractivity contribution in [3.8, 4) is 22.5 Å². The van der Waals surface area contributed by atoms with E-state index in [1.54, 1.807) is 24.3 Å². The van der Waals surface area contributed by atoms with E-state index in [2.05, 4.69) is 0 Å². The average molecular weight is 395 g/mol. The van der Waals surface area contributed by atoms with Crippen molar-refractivity contribution in [3.05, 3.63) is 88.8 Å². The van der Waals surface area contributed by atoms with Gasteiger partial charge in [0.1, 0.15) is 17.2 Å². The van der Waals surface area contributed by atoms with Gasteiger partial charge in [0.25, 0.3) is 0 Å². The fourth-order valence-electron chi connectivity index (χ4n) is 3.03. The van der Waals surface area contributed by atoms with Crippen LogP contribution in [0.15, 0.2) is 86.9 Å². The number of primary sulfonamides is 1. The summed E-state index contributed by atoms with van der Waals surface area (Å²) < 4.78 is 42.6. The third-order valence-electron chi connectivity index (χ3n) is 4.36. The topological polar surface area (TPSA) is 90.4 Å². The number of sulfonamides is 1. The molecule has 1 aromatic heterocycles. The second-order valence-electron chi connectivity index (χ2n) is 6.21. The Morgan fingerprint density at radius 2 is 1.54 bits per heavy atom. The van der Waals surface area contributed by atoms with Crippen LogP contribution in [0, 0.1) is 5.82 Å². The quantitative estimate of drug-likeness (QED) is 0.569. The van der Waals surface area contributed by atoms with Gasteiger partial charge in [-0.3, -0.25) is 4.79 Å². The van der Waals surface area contributed by atoms with E-state index in [-0.39, 0.29) is 32.6 Å². The zero-order valence-electron chi connectivity index (χ0n) is 14.4. The lowest BCUT2D eigenvalue weighted by molar-refractivity contribution is 0.597. The van der Waals surface area contributed by atoms with Gasteiger partial charge in [-0.2, -0.15) is 0 Å². The molecule has 0 aliphatic heterocycles. The summed E-state index contributed by atoms with van der Waals surface area (Å²) in [7, 11) is -3.85. The van der Waals surface area contributed by atoms with E-state index in [9.17, 15) is 17.6 Å². The zero-order chi connectivity index (χ0) is 19.9. The molecule has 3 aromatic carbocycles. The third-order valence-corrected chi connectivity index (χ3v) is 5.29. The summed E-state index contributed by atoms with van der Waals surface area (Å²) in [6.07, 6.45) is 0. The molecule has 7 heteroatoms. The van der Waals surface area contributed by atoms with E-state index >= 15 is 0 Å². The van der Waals surface area contributed by atoms with Gasteiger partial charge in [0.15, 0.2) is 0 Å². The molecule has 0 atom stereocenters. The molecule has 0 fully saturated rings. The highest BCUT2D eigenvalue weighted by Gasteiger charge is 2.19. The molecule has 2 N–H and O–H groups in total. The van der Waals surface area contributed by atoms with Crippen molar-refractivity contribution >= 4 is 21.0 Å². The van der Waals surface area contributed by atoms with Crippen LogP contribution < -0.4 is 10.6 Å². The van der Waals surface area contributed by atoms with Gasteiger partial charge in [0, 0.05) is 5.56 Å². The Morgan fingerprint density at radius 1 is 0.857 bits per heavy atom. The first-order valence-corrected chi connectivity index (χ1v) is 9.84. The Bertz CT molecular complexity index is 1350. The first kappa shape index (κ1) is 18.1. The molecule has 0 saturated heterocycles. The van der Waals surface area contributed by atoms with Gasteiger partial charge in [-0.05, 0) is 48.0 Å². The summed E-state index contributed by atoms with van der Waals surface area (Å²) in [5.41, 5.74) is 1.22. The van der Waals surface area contributed by atoms with E-state index in [1.807, 2.05) is 6.07 Å². The first-order valence-electron chi connectivity index (χ1n) is 8.29. The number of halogens is 1. The van der Waals surface area contributed by atoms with E-state index in [0.29, 0.717) is 11.1 Å². The molecule has 28 heavy (non-hydrogen) atoms. The standard InChI is InChI=1S/C21H14FNO4S/c22-15-8-11-18-17(12-15)20(24)19(13-4-2-1-3-5-13)21(27-18)14-6-9-16(10-7-14)28(23,25)26/h1-12H,(H2,23,25,26). The molecule has 0 spiro atoms. The predicted octanol–water partition coefficient (Wildman–Crippen LogP) is 3.91. The van der Waals surface area contributed by atoms with Crippen LogP contribution in [0.3, 0.4) is 0 Å². The minimum atomic E-state index is -3.85. The van der Waals surface area contributed by atoms with Crippen LogP contribution in [0.4, 0.5) is 4.39 Å². The van der Waals surface area contributed by atoms with Crippen molar-refractivity contribution in [1.29, 1.82) is 0 Å². The maximum absolute atomic E-state index is 13.7. The van der Waals surface area contributed by atoms with Crippen molar-refractivity contribution < 1.29 is 17.2 Å². The Morgan fingerprint density at radius 3 is 2.18 bits per heavy atom. The second kappa shape index (κ2) is 6.70. The average Bonchev–Trinajstić information content (AvgIpc) is 2.68. The van der Waals surface area contributed by atoms with Gasteiger partial charge in [-0.15, -0.1) is 0 Å². The molecular formula is C21H14FNO4S. The number of hydrogen-bond donors (Lipinski definition) is 1. The summed E-state index contributed by atoms with van der Waals surface area (Å²) in [6.45, 7) is 0. The summed E-state index contributed by atoms with van der Waals surface area (Å²) in [6, 6.07) is 18.3. The molecule has 0 radical (unpaired) electrons. The lowest BCUT2D eigenvalue weighted by Gasteiger charge is -2.11. The molecule has 5 nitrogen and oxygen atoms in total. The minimum absolute atomic E-state index is 0.0530. The molecule has 0 saturated carbocycles. The van der Waals surface area contributed by atoms with Crippen molar-refractivity contribution in [2.75, 3.05) is 0 Å². The van der Waals surface area contributed by atoms with Crippen LogP contribution in [0.5, 0.6) is 0 Å². The van der Waals surface area contributed by atoms with E-state index < -0.39 is 15.8 Å². The van der Waals surface area contributed by atoms with Crippen LogP contribution in [-0.4, -0.2) is 8.42 Å². The summed E-state index contributed by atoms with van der Waals surface area (Å²) >= 11 is 0. The smallest absolute Gasteiger partial charge is 0.238 e. The normalized spacial score (nSPS) is 11.6. The van der Waals surface area contributed by atoms with Crippen molar-refractivity contribution in [1.82, 2.24) is 0 Å². The maximum atomic E-state index is 13.7. The van der Waals surface area contributed by atoms with Crippen LogP contribution in [0.25, 0.3) is 33.4 Å². The predicted molar refractivity (Wildman–Crippen MR) is 105 cm³/mol. The molecular weight excluding hydrogens is 381 g/mol. The molecule has 0 aliphatic carbocycles. The Balaban J connectivity index is 2.04. The van der Waals surface area contributed by atoms with Crippen molar-refractivity contribution in [3.63, 3.8) is 0 Å². The molecule has 0 aliphatic rings. The van der Waals surface area contributed by atoms with Crippen molar-refractivity contribution in [2.45, 2.75) is 4.90 Å². The van der Waals surface area contributed by atoms with Crippen LogP contribution in [0.2, 0.25) is 0 Å². The number of fused-ring (bicyclic) bond motifs is 1.